The Morgan fingerprint density at radius 1 is 1.41 bits per heavy atom. The van der Waals surface area contributed by atoms with E-state index in [0.29, 0.717) is 6.04 Å². The van der Waals surface area contributed by atoms with E-state index in [-0.39, 0.29) is 18.0 Å². The van der Waals surface area contributed by atoms with E-state index >= 15 is 0 Å². The molecule has 0 aromatic rings. The molecular formula is C13H24N2O2. The summed E-state index contributed by atoms with van der Waals surface area (Å²) in [6.45, 7) is 6.29. The highest BCUT2D eigenvalue weighted by Crippen LogP contribution is 2.31. The van der Waals surface area contributed by atoms with Gasteiger partial charge in [-0.15, -0.1) is 0 Å². The van der Waals surface area contributed by atoms with E-state index in [4.69, 9.17) is 5.11 Å². The van der Waals surface area contributed by atoms with Gasteiger partial charge in [0.05, 0.1) is 6.42 Å². The van der Waals surface area contributed by atoms with E-state index in [1.807, 2.05) is 0 Å². The maximum Gasteiger partial charge on any atom is 0.304 e. The number of carboxylic acids is 1. The molecule has 0 aromatic heterocycles. The molecule has 0 amide bonds. The Balaban J connectivity index is 2.01. The number of nitrogens with one attached hydrogen (secondary N) is 1. The Morgan fingerprint density at radius 3 is 2.65 bits per heavy atom. The topological polar surface area (TPSA) is 52.6 Å². The summed E-state index contributed by atoms with van der Waals surface area (Å²) in [7, 11) is 0. The lowest BCUT2D eigenvalue weighted by Crippen LogP contribution is -2.64. The normalized spacial score (nSPS) is 30.6. The Labute approximate surface area is 103 Å². The molecule has 1 aliphatic heterocycles. The molecular weight excluding hydrogens is 216 g/mol. The fourth-order valence-electron chi connectivity index (χ4n) is 3.25. The third kappa shape index (κ3) is 2.99. The summed E-state index contributed by atoms with van der Waals surface area (Å²) < 4.78 is 0. The molecule has 2 aliphatic rings. The fourth-order valence-corrected chi connectivity index (χ4v) is 3.25. The first-order valence-electron chi connectivity index (χ1n) is 6.71. The summed E-state index contributed by atoms with van der Waals surface area (Å²) in [5.41, 5.74) is 0.157. The van der Waals surface area contributed by atoms with Gasteiger partial charge in [0.2, 0.25) is 0 Å². The fraction of sp³-hybridized carbons (Fsp3) is 0.923. The van der Waals surface area contributed by atoms with Crippen molar-refractivity contribution >= 4 is 5.97 Å². The SMILES string of the molecule is CC1(C)CNC(CC(=O)O)CN1C1CCCC1. The summed E-state index contributed by atoms with van der Waals surface area (Å²) in [5.74, 6) is -0.700. The molecule has 0 aromatic carbocycles. The molecule has 2 rings (SSSR count). The molecule has 0 bridgehead atoms. The zero-order chi connectivity index (χ0) is 12.5. The lowest BCUT2D eigenvalue weighted by Gasteiger charge is -2.49. The smallest absolute Gasteiger partial charge is 0.304 e. The molecule has 0 spiro atoms. The van der Waals surface area contributed by atoms with Crippen molar-refractivity contribution in [2.75, 3.05) is 13.1 Å². The minimum Gasteiger partial charge on any atom is -0.481 e. The van der Waals surface area contributed by atoms with Crippen LogP contribution in [0, 0.1) is 0 Å². The van der Waals surface area contributed by atoms with Crippen LogP contribution in [0.3, 0.4) is 0 Å². The largest absolute Gasteiger partial charge is 0.481 e. The first kappa shape index (κ1) is 12.8. The van der Waals surface area contributed by atoms with Crippen LogP contribution in [-0.2, 0) is 4.79 Å². The highest BCUT2D eigenvalue weighted by Gasteiger charge is 2.39. The lowest BCUT2D eigenvalue weighted by atomic mass is 9.93. The van der Waals surface area contributed by atoms with Gasteiger partial charge in [-0.2, -0.15) is 0 Å². The second-order valence-electron chi connectivity index (χ2n) is 6.08. The van der Waals surface area contributed by atoms with Crippen molar-refractivity contribution < 1.29 is 9.90 Å². The first-order chi connectivity index (χ1) is 7.99. The predicted molar refractivity (Wildman–Crippen MR) is 67.1 cm³/mol. The van der Waals surface area contributed by atoms with E-state index in [2.05, 4.69) is 24.1 Å². The number of hydrogen-bond acceptors (Lipinski definition) is 3. The summed E-state index contributed by atoms with van der Waals surface area (Å²) in [5, 5.41) is 12.3. The van der Waals surface area contributed by atoms with E-state index in [0.717, 1.165) is 13.1 Å². The summed E-state index contributed by atoms with van der Waals surface area (Å²) in [6.07, 6.45) is 5.45. The molecule has 0 radical (unpaired) electrons. The molecule has 1 unspecified atom stereocenters. The minimum atomic E-state index is -0.700. The van der Waals surface area contributed by atoms with Gasteiger partial charge in [0, 0.05) is 30.7 Å². The number of aliphatic carboxylic acids is 1. The maximum atomic E-state index is 10.8. The molecule has 17 heavy (non-hydrogen) atoms. The standard InChI is InChI=1S/C13H24N2O2/c1-13(2)9-14-10(7-12(16)17)8-15(13)11-5-3-4-6-11/h10-11,14H,3-9H2,1-2H3,(H,16,17). The average molecular weight is 240 g/mol. The van der Waals surface area contributed by atoms with Crippen LogP contribution < -0.4 is 5.32 Å². The van der Waals surface area contributed by atoms with Gasteiger partial charge < -0.3 is 10.4 Å². The van der Waals surface area contributed by atoms with Crippen molar-refractivity contribution in [3.05, 3.63) is 0 Å². The van der Waals surface area contributed by atoms with Crippen LogP contribution in [0.4, 0.5) is 0 Å². The summed E-state index contributed by atoms with van der Waals surface area (Å²) in [6, 6.07) is 0.782. The molecule has 2 N–H and O–H groups in total. The van der Waals surface area contributed by atoms with Crippen LogP contribution in [0.1, 0.15) is 46.0 Å². The van der Waals surface area contributed by atoms with Gasteiger partial charge >= 0.3 is 5.97 Å². The summed E-state index contributed by atoms with van der Waals surface area (Å²) in [4.78, 5) is 13.3. The number of hydrogen-bond donors (Lipinski definition) is 2. The third-order valence-corrected chi connectivity index (χ3v) is 4.20. The van der Waals surface area contributed by atoms with Gasteiger partial charge in [0.15, 0.2) is 0 Å². The predicted octanol–water partition coefficient (Wildman–Crippen LogP) is 1.46. The van der Waals surface area contributed by atoms with E-state index in [9.17, 15) is 4.79 Å². The molecule has 4 nitrogen and oxygen atoms in total. The Bertz CT molecular complexity index is 285. The van der Waals surface area contributed by atoms with E-state index < -0.39 is 5.97 Å². The van der Waals surface area contributed by atoms with Crippen LogP contribution in [0.5, 0.6) is 0 Å². The van der Waals surface area contributed by atoms with Gasteiger partial charge in [-0.3, -0.25) is 9.69 Å². The summed E-state index contributed by atoms with van der Waals surface area (Å²) >= 11 is 0. The second-order valence-corrected chi connectivity index (χ2v) is 6.08. The Kier molecular flexibility index (Phi) is 3.73. The van der Waals surface area contributed by atoms with Crippen molar-refractivity contribution in [1.82, 2.24) is 10.2 Å². The van der Waals surface area contributed by atoms with Gasteiger partial charge in [0.1, 0.15) is 0 Å². The van der Waals surface area contributed by atoms with Crippen LogP contribution in [0.15, 0.2) is 0 Å². The van der Waals surface area contributed by atoms with Crippen LogP contribution in [-0.4, -0.2) is 46.7 Å². The Hall–Kier alpha value is -0.610. The zero-order valence-corrected chi connectivity index (χ0v) is 10.9. The third-order valence-electron chi connectivity index (χ3n) is 4.20. The number of rotatable bonds is 3. The van der Waals surface area contributed by atoms with Crippen LogP contribution >= 0.6 is 0 Å². The zero-order valence-electron chi connectivity index (χ0n) is 10.9. The van der Waals surface area contributed by atoms with E-state index in [1.165, 1.54) is 25.7 Å². The Morgan fingerprint density at radius 2 is 2.06 bits per heavy atom. The number of nitrogens with zero attached hydrogens (tertiary/aromatic N) is 1. The highest BCUT2D eigenvalue weighted by molar-refractivity contribution is 5.67. The number of piperazine rings is 1. The molecule has 2 fully saturated rings. The second kappa shape index (κ2) is 4.94. The van der Waals surface area contributed by atoms with Gasteiger partial charge in [-0.05, 0) is 26.7 Å². The van der Waals surface area contributed by atoms with Crippen LogP contribution in [0.25, 0.3) is 0 Å². The van der Waals surface area contributed by atoms with Crippen molar-refractivity contribution in [3.8, 4) is 0 Å². The van der Waals surface area contributed by atoms with Gasteiger partial charge in [-0.25, -0.2) is 0 Å². The highest BCUT2D eigenvalue weighted by atomic mass is 16.4. The molecule has 1 saturated heterocycles. The van der Waals surface area contributed by atoms with Crippen molar-refractivity contribution in [1.29, 1.82) is 0 Å². The van der Waals surface area contributed by atoms with Crippen molar-refractivity contribution in [2.24, 2.45) is 0 Å². The molecule has 1 saturated carbocycles. The lowest BCUT2D eigenvalue weighted by molar-refractivity contribution is -0.138. The molecule has 1 atom stereocenters. The van der Waals surface area contributed by atoms with Crippen LogP contribution in [0.2, 0.25) is 0 Å². The number of carbonyl (C=O) groups is 1. The average Bonchev–Trinajstić information content (AvgIpc) is 2.73. The van der Waals surface area contributed by atoms with Gasteiger partial charge in [-0.1, -0.05) is 12.8 Å². The van der Waals surface area contributed by atoms with Crippen molar-refractivity contribution in [2.45, 2.75) is 63.6 Å². The monoisotopic (exact) mass is 240 g/mol. The maximum absolute atomic E-state index is 10.8. The minimum absolute atomic E-state index is 0.112. The molecule has 98 valence electrons. The first-order valence-corrected chi connectivity index (χ1v) is 6.71. The molecule has 4 heteroatoms. The van der Waals surface area contributed by atoms with Gasteiger partial charge in [0.25, 0.3) is 0 Å². The van der Waals surface area contributed by atoms with Crippen molar-refractivity contribution in [3.63, 3.8) is 0 Å². The molecule has 1 heterocycles. The quantitative estimate of drug-likeness (QED) is 0.784. The number of carboxylic acid groups (broad SMARTS) is 1. The van der Waals surface area contributed by atoms with E-state index in [1.54, 1.807) is 0 Å². The molecule has 1 aliphatic carbocycles.